The normalized spacial score (nSPS) is 10.4. The molecule has 2 aromatic rings. The van der Waals surface area contributed by atoms with Crippen molar-refractivity contribution >= 4 is 11.8 Å². The predicted octanol–water partition coefficient (Wildman–Crippen LogP) is -0.951. The second-order valence-corrected chi connectivity index (χ2v) is 5.70. The number of nitrogens with zero attached hydrogens (tertiary/aromatic N) is 4. The summed E-state index contributed by atoms with van der Waals surface area (Å²) in [5.41, 5.74) is 2.73. The summed E-state index contributed by atoms with van der Waals surface area (Å²) < 4.78 is 1.70. The molecule has 116 valence electrons. The lowest BCUT2D eigenvalue weighted by molar-refractivity contribution is -0.00000441. The summed E-state index contributed by atoms with van der Waals surface area (Å²) >= 11 is 1.69. The van der Waals surface area contributed by atoms with Crippen molar-refractivity contribution in [1.29, 1.82) is 0 Å². The van der Waals surface area contributed by atoms with E-state index in [1.54, 1.807) is 16.4 Å². The van der Waals surface area contributed by atoms with E-state index in [2.05, 4.69) is 52.0 Å². The number of hydrogen-bond donors (Lipinski definition) is 1. The first-order chi connectivity index (χ1) is 9.79. The number of rotatable bonds is 8. The highest BCUT2D eigenvalue weighted by atomic mass is 35.5. The van der Waals surface area contributed by atoms with Crippen LogP contribution in [0, 0.1) is 0 Å². The summed E-state index contributed by atoms with van der Waals surface area (Å²) in [5, 5.41) is 15.7. The first kappa shape index (κ1) is 17.9. The lowest BCUT2D eigenvalue weighted by Gasteiger charge is -2.05. The van der Waals surface area contributed by atoms with Gasteiger partial charge in [-0.15, -0.1) is 5.10 Å². The van der Waals surface area contributed by atoms with Gasteiger partial charge >= 0.3 is 0 Å². The Kier molecular flexibility index (Phi) is 8.34. The molecule has 0 aliphatic rings. The zero-order valence-electron chi connectivity index (χ0n) is 12.4. The van der Waals surface area contributed by atoms with Crippen LogP contribution in [0.3, 0.4) is 0 Å². The Morgan fingerprint density at radius 3 is 2.52 bits per heavy atom. The number of halogens is 1. The Labute approximate surface area is 136 Å². The summed E-state index contributed by atoms with van der Waals surface area (Å²) in [6, 6.07) is 8.81. The minimum atomic E-state index is 0. The largest absolute Gasteiger partial charge is 1.00 e. The van der Waals surface area contributed by atoms with Gasteiger partial charge in [0, 0.05) is 19.3 Å². The molecule has 7 heteroatoms. The standard InChI is InChI=1S/C14H21N5S.ClH/c1-3-12-5-7-13(8-6-12)11-15-9-4-10-20-14-16-17-18-19(14)2;/h5-8,15H,3-4,9-11H2,1-2H3;1H/p-1. The molecule has 2 rings (SSSR count). The molecule has 0 fully saturated rings. The number of tetrazole rings is 1. The van der Waals surface area contributed by atoms with E-state index < -0.39 is 0 Å². The smallest absolute Gasteiger partial charge is 0.209 e. The van der Waals surface area contributed by atoms with Crippen molar-refractivity contribution in [2.24, 2.45) is 7.05 Å². The highest BCUT2D eigenvalue weighted by molar-refractivity contribution is 7.99. The highest BCUT2D eigenvalue weighted by Gasteiger charge is 2.01. The Morgan fingerprint density at radius 1 is 1.19 bits per heavy atom. The number of nitrogens with one attached hydrogen (secondary N) is 1. The van der Waals surface area contributed by atoms with Crippen molar-refractivity contribution in [3.05, 3.63) is 35.4 Å². The number of hydrogen-bond acceptors (Lipinski definition) is 5. The second-order valence-electron chi connectivity index (χ2n) is 4.63. The summed E-state index contributed by atoms with van der Waals surface area (Å²) in [7, 11) is 1.86. The van der Waals surface area contributed by atoms with Crippen molar-refractivity contribution < 1.29 is 12.4 Å². The molecule has 0 saturated carbocycles. The van der Waals surface area contributed by atoms with E-state index in [1.807, 2.05) is 7.05 Å². The van der Waals surface area contributed by atoms with Gasteiger partial charge < -0.3 is 17.7 Å². The van der Waals surface area contributed by atoms with Gasteiger partial charge in [0.05, 0.1) is 0 Å². The maximum Gasteiger partial charge on any atom is 0.209 e. The molecular weight excluding hydrogens is 306 g/mol. The van der Waals surface area contributed by atoms with Gasteiger partial charge in [-0.05, 0) is 40.9 Å². The van der Waals surface area contributed by atoms with E-state index in [0.717, 1.165) is 36.8 Å². The molecule has 5 nitrogen and oxygen atoms in total. The van der Waals surface area contributed by atoms with Crippen molar-refractivity contribution in [1.82, 2.24) is 25.5 Å². The van der Waals surface area contributed by atoms with Crippen molar-refractivity contribution in [2.45, 2.75) is 31.5 Å². The molecule has 0 radical (unpaired) electrons. The number of benzene rings is 1. The van der Waals surface area contributed by atoms with E-state index in [0.29, 0.717) is 0 Å². The van der Waals surface area contributed by atoms with Crippen molar-refractivity contribution in [3.63, 3.8) is 0 Å². The fraction of sp³-hybridized carbons (Fsp3) is 0.500. The predicted molar refractivity (Wildman–Crippen MR) is 81.7 cm³/mol. The molecule has 0 amide bonds. The fourth-order valence-corrected chi connectivity index (χ4v) is 2.62. The Morgan fingerprint density at radius 2 is 1.90 bits per heavy atom. The Balaban J connectivity index is 0.00000220. The number of thioether (sulfide) groups is 1. The number of aromatic nitrogens is 4. The molecule has 1 aromatic heterocycles. The monoisotopic (exact) mass is 326 g/mol. The lowest BCUT2D eigenvalue weighted by Crippen LogP contribution is -3.00. The minimum absolute atomic E-state index is 0. The zero-order chi connectivity index (χ0) is 14.2. The third kappa shape index (κ3) is 6.03. The third-order valence-electron chi connectivity index (χ3n) is 3.07. The lowest BCUT2D eigenvalue weighted by atomic mass is 10.1. The van der Waals surface area contributed by atoms with Crippen LogP contribution in [-0.2, 0) is 20.0 Å². The van der Waals surface area contributed by atoms with Gasteiger partial charge in [0.1, 0.15) is 0 Å². The van der Waals surface area contributed by atoms with E-state index in [4.69, 9.17) is 0 Å². The third-order valence-corrected chi connectivity index (χ3v) is 4.17. The first-order valence-corrected chi connectivity index (χ1v) is 7.92. The van der Waals surface area contributed by atoms with E-state index in [-0.39, 0.29) is 12.4 Å². The first-order valence-electron chi connectivity index (χ1n) is 6.93. The van der Waals surface area contributed by atoms with Gasteiger partial charge in [-0.25, -0.2) is 4.68 Å². The van der Waals surface area contributed by atoms with Crippen LogP contribution in [0.1, 0.15) is 24.5 Å². The molecule has 0 atom stereocenters. The van der Waals surface area contributed by atoms with Gasteiger partial charge in [-0.2, -0.15) is 0 Å². The molecule has 21 heavy (non-hydrogen) atoms. The summed E-state index contributed by atoms with van der Waals surface area (Å²) in [5.74, 6) is 1.02. The molecule has 0 unspecified atom stereocenters. The van der Waals surface area contributed by atoms with Crippen LogP contribution in [0.4, 0.5) is 0 Å². The van der Waals surface area contributed by atoms with Crippen molar-refractivity contribution in [2.75, 3.05) is 12.3 Å². The van der Waals surface area contributed by atoms with Gasteiger partial charge in [0.25, 0.3) is 0 Å². The zero-order valence-corrected chi connectivity index (χ0v) is 14.0. The average Bonchev–Trinajstić information content (AvgIpc) is 2.89. The van der Waals surface area contributed by atoms with Gasteiger partial charge in [-0.3, -0.25) is 0 Å². The summed E-state index contributed by atoms with van der Waals surface area (Å²) in [4.78, 5) is 0. The van der Waals surface area contributed by atoms with Gasteiger partial charge in [0.15, 0.2) is 0 Å². The van der Waals surface area contributed by atoms with Crippen LogP contribution < -0.4 is 17.7 Å². The van der Waals surface area contributed by atoms with Crippen LogP contribution in [0.2, 0.25) is 0 Å². The summed E-state index contributed by atoms with van der Waals surface area (Å²) in [6.45, 7) is 4.12. The second kappa shape index (κ2) is 9.76. The van der Waals surface area contributed by atoms with Gasteiger partial charge in [0.2, 0.25) is 5.16 Å². The molecule has 0 bridgehead atoms. The van der Waals surface area contributed by atoms with Crippen LogP contribution in [0.5, 0.6) is 0 Å². The fourth-order valence-electron chi connectivity index (χ4n) is 1.83. The van der Waals surface area contributed by atoms with Gasteiger partial charge in [-0.1, -0.05) is 43.0 Å². The quantitative estimate of drug-likeness (QED) is 0.501. The molecule has 0 aliphatic carbocycles. The van der Waals surface area contributed by atoms with Crippen LogP contribution in [0.15, 0.2) is 29.4 Å². The Hall–Kier alpha value is -1.11. The molecule has 1 aromatic carbocycles. The van der Waals surface area contributed by atoms with Crippen LogP contribution >= 0.6 is 11.8 Å². The topological polar surface area (TPSA) is 55.6 Å². The maximum absolute atomic E-state index is 3.94. The molecule has 0 spiro atoms. The van der Waals surface area contributed by atoms with E-state index >= 15 is 0 Å². The van der Waals surface area contributed by atoms with Crippen LogP contribution in [0.25, 0.3) is 0 Å². The SMILES string of the molecule is CCc1ccc(CNCCCSc2nnnn2C)cc1.[Cl-]. The number of aryl methyl sites for hydroxylation is 2. The molecular formula is C14H21ClN5S-. The average molecular weight is 327 g/mol. The molecule has 1 heterocycles. The molecule has 0 aliphatic heterocycles. The molecule has 1 N–H and O–H groups in total. The minimum Gasteiger partial charge on any atom is -1.00 e. The van der Waals surface area contributed by atoms with E-state index in [1.165, 1.54) is 11.1 Å². The molecule has 0 saturated heterocycles. The Bertz CT molecular complexity index is 514. The van der Waals surface area contributed by atoms with Crippen molar-refractivity contribution in [3.8, 4) is 0 Å². The van der Waals surface area contributed by atoms with Crippen LogP contribution in [-0.4, -0.2) is 32.5 Å². The highest BCUT2D eigenvalue weighted by Crippen LogP contribution is 2.12. The van der Waals surface area contributed by atoms with E-state index in [9.17, 15) is 0 Å². The summed E-state index contributed by atoms with van der Waals surface area (Å²) in [6.07, 6.45) is 2.20. The maximum atomic E-state index is 3.94.